The lowest BCUT2D eigenvalue weighted by Gasteiger charge is -2.19. The number of nitrogens with zero attached hydrogens (tertiary/aromatic N) is 1. The number of carbonyl (C=O) groups is 5. The van der Waals surface area contributed by atoms with Gasteiger partial charge in [-0.1, -0.05) is 0 Å². The van der Waals surface area contributed by atoms with E-state index in [1.807, 2.05) is 0 Å². The minimum atomic E-state index is -0.783. The van der Waals surface area contributed by atoms with Crippen LogP contribution in [0.15, 0.2) is 12.2 Å². The van der Waals surface area contributed by atoms with E-state index in [1.165, 1.54) is 7.11 Å². The highest BCUT2D eigenvalue weighted by molar-refractivity contribution is 6.13. The number of ether oxygens (including phenoxy) is 2. The van der Waals surface area contributed by atoms with Gasteiger partial charge in [-0.25, -0.2) is 0 Å². The highest BCUT2D eigenvalue weighted by Gasteiger charge is 2.25. The number of ketones is 2. The van der Waals surface area contributed by atoms with Crippen LogP contribution >= 0.6 is 0 Å². The van der Waals surface area contributed by atoms with Crippen molar-refractivity contribution in [1.82, 2.24) is 10.2 Å². The molecule has 0 saturated heterocycles. The Hall–Kier alpha value is -2.39. The molecule has 1 rings (SSSR count). The third-order valence-electron chi connectivity index (χ3n) is 4.47. The van der Waals surface area contributed by atoms with Gasteiger partial charge in [0.05, 0.1) is 6.04 Å². The van der Waals surface area contributed by atoms with Gasteiger partial charge >= 0.3 is 0 Å². The van der Waals surface area contributed by atoms with E-state index in [9.17, 15) is 24.0 Å². The first-order valence-corrected chi connectivity index (χ1v) is 9.74. The van der Waals surface area contributed by atoms with Crippen molar-refractivity contribution in [2.24, 2.45) is 0 Å². The average molecular weight is 410 g/mol. The summed E-state index contributed by atoms with van der Waals surface area (Å²) in [6.45, 7) is 0.857. The summed E-state index contributed by atoms with van der Waals surface area (Å²) in [6.07, 6.45) is 4.30. The lowest BCUT2D eigenvalue weighted by atomic mass is 10.00. The van der Waals surface area contributed by atoms with Crippen LogP contribution < -0.4 is 5.32 Å². The maximum Gasteiger partial charge on any atom is 0.253 e. The SMILES string of the molecule is COCCCC(=O)CC[C@H](NC(=O)CCN1C(=O)C=CC1=O)C(=O)CCCOC. The first kappa shape index (κ1) is 24.6. The predicted molar refractivity (Wildman–Crippen MR) is 104 cm³/mol. The molecule has 1 atom stereocenters. The summed E-state index contributed by atoms with van der Waals surface area (Å²) in [4.78, 5) is 60.7. The molecule has 162 valence electrons. The smallest absolute Gasteiger partial charge is 0.253 e. The summed E-state index contributed by atoms with van der Waals surface area (Å²) < 4.78 is 9.86. The molecule has 1 aliphatic rings. The van der Waals surface area contributed by atoms with Gasteiger partial charge in [0.2, 0.25) is 5.91 Å². The summed E-state index contributed by atoms with van der Waals surface area (Å²) in [7, 11) is 3.10. The zero-order chi connectivity index (χ0) is 21.6. The van der Waals surface area contributed by atoms with E-state index in [1.54, 1.807) is 7.11 Å². The van der Waals surface area contributed by atoms with Crippen LogP contribution in [0, 0.1) is 0 Å². The Morgan fingerprint density at radius 2 is 1.52 bits per heavy atom. The molecular formula is C20H30N2O7. The molecule has 9 nitrogen and oxygen atoms in total. The zero-order valence-corrected chi connectivity index (χ0v) is 17.1. The average Bonchev–Trinajstić information content (AvgIpc) is 3.01. The van der Waals surface area contributed by atoms with Crippen LogP contribution in [0.1, 0.15) is 44.9 Å². The molecule has 0 unspecified atom stereocenters. The Morgan fingerprint density at radius 3 is 2.10 bits per heavy atom. The van der Waals surface area contributed by atoms with Crippen LogP contribution in [-0.4, -0.2) is 74.2 Å². The lowest BCUT2D eigenvalue weighted by molar-refractivity contribution is -0.137. The van der Waals surface area contributed by atoms with Gasteiger partial charge in [-0.05, 0) is 19.3 Å². The van der Waals surface area contributed by atoms with Gasteiger partial charge in [0.1, 0.15) is 5.78 Å². The first-order chi connectivity index (χ1) is 13.9. The second-order valence-electron chi connectivity index (χ2n) is 6.77. The number of amides is 3. The molecule has 0 aromatic carbocycles. The molecule has 9 heteroatoms. The second kappa shape index (κ2) is 13.7. The van der Waals surface area contributed by atoms with E-state index in [4.69, 9.17) is 9.47 Å². The van der Waals surface area contributed by atoms with Gasteiger partial charge < -0.3 is 14.8 Å². The van der Waals surface area contributed by atoms with Gasteiger partial charge in [-0.3, -0.25) is 28.9 Å². The third kappa shape index (κ3) is 9.58. The molecule has 0 spiro atoms. The summed E-state index contributed by atoms with van der Waals surface area (Å²) in [5, 5.41) is 2.64. The largest absolute Gasteiger partial charge is 0.385 e. The number of hydrogen-bond acceptors (Lipinski definition) is 7. The van der Waals surface area contributed by atoms with Gasteiger partial charge in [0.25, 0.3) is 11.8 Å². The molecule has 0 saturated carbocycles. The van der Waals surface area contributed by atoms with Crippen LogP contribution in [0.25, 0.3) is 0 Å². The van der Waals surface area contributed by atoms with Gasteiger partial charge in [0.15, 0.2) is 5.78 Å². The Morgan fingerprint density at radius 1 is 0.931 bits per heavy atom. The highest BCUT2D eigenvalue weighted by Crippen LogP contribution is 2.09. The van der Waals surface area contributed by atoms with Crippen molar-refractivity contribution >= 4 is 29.3 Å². The molecule has 1 heterocycles. The first-order valence-electron chi connectivity index (χ1n) is 9.74. The summed E-state index contributed by atoms with van der Waals surface area (Å²) >= 11 is 0. The number of rotatable bonds is 16. The maximum atomic E-state index is 12.5. The number of hydrogen-bond donors (Lipinski definition) is 1. The van der Waals surface area contributed by atoms with Crippen molar-refractivity contribution in [3.63, 3.8) is 0 Å². The second-order valence-corrected chi connectivity index (χ2v) is 6.77. The van der Waals surface area contributed by atoms with Gasteiger partial charge in [-0.15, -0.1) is 0 Å². The van der Waals surface area contributed by atoms with Crippen LogP contribution in [0.4, 0.5) is 0 Å². The van der Waals surface area contributed by atoms with Crippen molar-refractivity contribution in [2.75, 3.05) is 34.0 Å². The molecule has 0 aromatic rings. The Balaban J connectivity index is 2.53. The van der Waals surface area contributed by atoms with Crippen LogP contribution in [0.3, 0.4) is 0 Å². The predicted octanol–water partition coefficient (Wildman–Crippen LogP) is 0.558. The van der Waals surface area contributed by atoms with Crippen molar-refractivity contribution in [3.05, 3.63) is 12.2 Å². The normalized spacial score (nSPS) is 14.3. The van der Waals surface area contributed by atoms with E-state index in [2.05, 4.69) is 5.32 Å². The topological polar surface area (TPSA) is 119 Å². The van der Waals surface area contributed by atoms with Gasteiger partial charge in [-0.2, -0.15) is 0 Å². The van der Waals surface area contributed by atoms with E-state index in [0.29, 0.717) is 32.5 Å². The van der Waals surface area contributed by atoms with Gasteiger partial charge in [0, 0.05) is 71.8 Å². The van der Waals surface area contributed by atoms with E-state index >= 15 is 0 Å². The number of Topliss-reactive ketones (excluding diaryl/α,β-unsaturated/α-hetero) is 2. The Bertz CT molecular complexity index is 612. The minimum Gasteiger partial charge on any atom is -0.385 e. The summed E-state index contributed by atoms with van der Waals surface area (Å²) in [5.74, 6) is -1.54. The molecule has 29 heavy (non-hydrogen) atoms. The van der Waals surface area contributed by atoms with Crippen LogP contribution in [-0.2, 0) is 33.4 Å². The lowest BCUT2D eigenvalue weighted by Crippen LogP contribution is -2.43. The number of methoxy groups -OCH3 is 2. The maximum absolute atomic E-state index is 12.5. The van der Waals surface area contributed by atoms with E-state index in [-0.39, 0.29) is 43.8 Å². The highest BCUT2D eigenvalue weighted by atomic mass is 16.5. The van der Waals surface area contributed by atoms with Crippen LogP contribution in [0.2, 0.25) is 0 Å². The van der Waals surface area contributed by atoms with Crippen LogP contribution in [0.5, 0.6) is 0 Å². The fraction of sp³-hybridized carbons (Fsp3) is 0.650. The van der Waals surface area contributed by atoms with Crippen molar-refractivity contribution in [2.45, 2.75) is 51.0 Å². The molecule has 0 radical (unpaired) electrons. The monoisotopic (exact) mass is 410 g/mol. The Kier molecular flexibility index (Phi) is 11.7. The minimum absolute atomic E-state index is 0.00493. The number of carbonyl (C=O) groups excluding carboxylic acids is 5. The molecule has 0 aromatic heterocycles. The summed E-state index contributed by atoms with van der Waals surface area (Å²) in [6, 6.07) is -0.783. The summed E-state index contributed by atoms with van der Waals surface area (Å²) in [5.41, 5.74) is 0. The molecule has 3 amide bonds. The number of nitrogens with one attached hydrogen (secondary N) is 1. The Labute approximate surface area is 170 Å². The standard InChI is InChI=1S/C20H30N2O7/c1-28-13-3-5-15(23)7-8-16(17(24)6-4-14-29-2)21-18(25)11-12-22-19(26)9-10-20(22)27/h9-10,16H,3-8,11-14H2,1-2H3,(H,21,25)/t16-/m0/s1. The fourth-order valence-electron chi connectivity index (χ4n) is 2.85. The molecular weight excluding hydrogens is 380 g/mol. The molecule has 1 aliphatic heterocycles. The van der Waals surface area contributed by atoms with Crippen molar-refractivity contribution in [1.29, 1.82) is 0 Å². The van der Waals surface area contributed by atoms with E-state index < -0.39 is 23.8 Å². The molecule has 0 aliphatic carbocycles. The molecule has 0 fully saturated rings. The molecule has 0 bridgehead atoms. The van der Waals surface area contributed by atoms with E-state index in [0.717, 1.165) is 17.1 Å². The number of imide groups is 1. The quantitative estimate of drug-likeness (QED) is 0.292. The van der Waals surface area contributed by atoms with Crippen molar-refractivity contribution < 1.29 is 33.4 Å². The zero-order valence-electron chi connectivity index (χ0n) is 17.1. The van der Waals surface area contributed by atoms with Crippen molar-refractivity contribution in [3.8, 4) is 0 Å². The third-order valence-corrected chi connectivity index (χ3v) is 4.47. The molecule has 1 N–H and O–H groups in total. The fourth-order valence-corrected chi connectivity index (χ4v) is 2.85.